The summed E-state index contributed by atoms with van der Waals surface area (Å²) in [5.74, 6) is 4.22. The Bertz CT molecular complexity index is 797. The molecule has 2 nitrogen and oxygen atoms in total. The highest BCUT2D eigenvalue weighted by Gasteiger charge is 2.70. The van der Waals surface area contributed by atoms with Gasteiger partial charge < -0.3 is 4.90 Å². The van der Waals surface area contributed by atoms with Gasteiger partial charge in [-0.2, -0.15) is 0 Å². The number of carbonyl (C=O) groups is 1. The molecule has 0 aromatic rings. The number of likely N-dealkylation sites (N-methyl/N-ethyl adjacent to an activating group) is 1. The lowest BCUT2D eigenvalue weighted by molar-refractivity contribution is -0.168. The molecule has 5 rings (SSSR count). The Labute approximate surface area is 198 Å². The molecule has 0 radical (unpaired) electrons. The molecule has 3 saturated carbocycles. The van der Waals surface area contributed by atoms with E-state index < -0.39 is 0 Å². The summed E-state index contributed by atoms with van der Waals surface area (Å²) in [6, 6.07) is 0. The molecule has 1 spiro atoms. The van der Waals surface area contributed by atoms with E-state index in [1.54, 1.807) is 5.57 Å². The second-order valence-corrected chi connectivity index (χ2v) is 13.8. The molecule has 1 saturated heterocycles. The molecule has 32 heavy (non-hydrogen) atoms. The van der Waals surface area contributed by atoms with Crippen molar-refractivity contribution >= 4 is 5.78 Å². The molecule has 1 heterocycles. The van der Waals surface area contributed by atoms with Crippen LogP contribution in [0.4, 0.5) is 0 Å². The monoisotopic (exact) mass is 439 g/mol. The van der Waals surface area contributed by atoms with Gasteiger partial charge in [0, 0.05) is 18.7 Å². The van der Waals surface area contributed by atoms with Crippen LogP contribution in [-0.2, 0) is 4.79 Å². The average Bonchev–Trinajstić information content (AvgIpc) is 3.08. The Balaban J connectivity index is 1.51. The SMILES string of the molecule is CC(C)CCC[C@@H](C)[C@H]1CC[C@@H]2[C@]1(C)CC[C@H]1[C@]23CN(C)CC(=C2CCCC[C@@]21C)C3=O. The third kappa shape index (κ3) is 3.10. The number of piperidine rings is 1. The highest BCUT2D eigenvalue weighted by atomic mass is 16.1. The number of nitrogens with zero attached hydrogens (tertiary/aromatic N) is 1. The van der Waals surface area contributed by atoms with Crippen molar-refractivity contribution in [1.29, 1.82) is 0 Å². The van der Waals surface area contributed by atoms with E-state index in [1.807, 2.05) is 0 Å². The topological polar surface area (TPSA) is 20.3 Å². The van der Waals surface area contributed by atoms with Gasteiger partial charge in [0.25, 0.3) is 0 Å². The summed E-state index contributed by atoms with van der Waals surface area (Å²) in [5.41, 5.74) is 3.42. The minimum atomic E-state index is -0.0999. The van der Waals surface area contributed by atoms with E-state index >= 15 is 0 Å². The Kier molecular flexibility index (Phi) is 5.75. The van der Waals surface area contributed by atoms with Gasteiger partial charge in [-0.3, -0.25) is 4.79 Å². The molecular weight excluding hydrogens is 390 g/mol. The smallest absolute Gasteiger partial charge is 0.168 e. The number of carbonyl (C=O) groups excluding carboxylic acids is 1. The summed E-state index contributed by atoms with van der Waals surface area (Å²) >= 11 is 0. The van der Waals surface area contributed by atoms with Crippen LogP contribution < -0.4 is 0 Å². The van der Waals surface area contributed by atoms with Crippen molar-refractivity contribution in [1.82, 2.24) is 4.90 Å². The Morgan fingerprint density at radius 1 is 1.00 bits per heavy atom. The van der Waals surface area contributed by atoms with Crippen LogP contribution in [0.1, 0.15) is 105 Å². The maximum atomic E-state index is 14.4. The van der Waals surface area contributed by atoms with Gasteiger partial charge in [0.15, 0.2) is 5.78 Å². The number of hydrogen-bond acceptors (Lipinski definition) is 2. The van der Waals surface area contributed by atoms with Gasteiger partial charge in [-0.15, -0.1) is 0 Å². The molecule has 0 unspecified atom stereocenters. The summed E-state index contributed by atoms with van der Waals surface area (Å²) in [4.78, 5) is 17.0. The van der Waals surface area contributed by atoms with Crippen LogP contribution in [0, 0.1) is 45.8 Å². The second-order valence-electron chi connectivity index (χ2n) is 13.8. The molecule has 4 fully saturated rings. The third-order valence-electron chi connectivity index (χ3n) is 11.6. The largest absolute Gasteiger partial charge is 0.301 e. The normalized spacial score (nSPS) is 45.0. The predicted octanol–water partition coefficient (Wildman–Crippen LogP) is 7.28. The van der Waals surface area contributed by atoms with E-state index in [1.165, 1.54) is 76.2 Å². The van der Waals surface area contributed by atoms with Crippen LogP contribution in [0.25, 0.3) is 0 Å². The van der Waals surface area contributed by atoms with Crippen molar-refractivity contribution in [2.75, 3.05) is 20.1 Å². The summed E-state index contributed by atoms with van der Waals surface area (Å²) in [7, 11) is 2.30. The molecule has 0 aromatic heterocycles. The Morgan fingerprint density at radius 3 is 2.53 bits per heavy atom. The van der Waals surface area contributed by atoms with E-state index in [9.17, 15) is 4.79 Å². The van der Waals surface area contributed by atoms with Gasteiger partial charge in [-0.1, -0.05) is 65.9 Å². The maximum absolute atomic E-state index is 14.4. The van der Waals surface area contributed by atoms with Crippen LogP contribution in [0.15, 0.2) is 11.1 Å². The first kappa shape index (κ1) is 23.1. The van der Waals surface area contributed by atoms with Crippen LogP contribution in [-0.4, -0.2) is 30.8 Å². The third-order valence-corrected chi connectivity index (χ3v) is 11.6. The fraction of sp³-hybridized carbons (Fsp3) is 0.900. The van der Waals surface area contributed by atoms with Gasteiger partial charge in [0.05, 0.1) is 5.41 Å². The van der Waals surface area contributed by atoms with Crippen molar-refractivity contribution in [2.24, 2.45) is 45.8 Å². The summed E-state index contributed by atoms with van der Waals surface area (Å²) in [6.45, 7) is 14.4. The number of likely N-dealkylation sites (tertiary alicyclic amines) is 1. The van der Waals surface area contributed by atoms with Crippen LogP contribution >= 0.6 is 0 Å². The molecule has 180 valence electrons. The van der Waals surface area contributed by atoms with Crippen molar-refractivity contribution in [3.8, 4) is 0 Å². The summed E-state index contributed by atoms with van der Waals surface area (Å²) < 4.78 is 0. The highest BCUT2D eigenvalue weighted by Crippen LogP contribution is 2.72. The van der Waals surface area contributed by atoms with E-state index in [0.717, 1.165) is 30.8 Å². The average molecular weight is 440 g/mol. The lowest BCUT2D eigenvalue weighted by Gasteiger charge is -2.66. The predicted molar refractivity (Wildman–Crippen MR) is 133 cm³/mol. The quantitative estimate of drug-likeness (QED) is 0.448. The molecule has 0 aromatic carbocycles. The van der Waals surface area contributed by atoms with Gasteiger partial charge in [0.1, 0.15) is 0 Å². The van der Waals surface area contributed by atoms with Crippen LogP contribution in [0.5, 0.6) is 0 Å². The number of Topliss-reactive ketones (excluding diaryl/α,β-unsaturated/α-hetero) is 1. The van der Waals surface area contributed by atoms with E-state index in [-0.39, 0.29) is 5.41 Å². The molecule has 7 atom stereocenters. The molecule has 0 amide bonds. The first-order valence-electron chi connectivity index (χ1n) is 14.1. The standard InChI is InChI=1S/C30H49NO/c1-20(2)10-9-11-21(3)23-13-14-25-29(23,5)17-15-26-28(4)16-8-7-12-24(28)22-18-31(6)19-30(25,26)27(22)32/h20-21,23,25-26H,7-19H2,1-6H3/t21-,23-,25-,26-,28+,29-,30+/m1/s1. The number of hydrogen-bond donors (Lipinski definition) is 0. The van der Waals surface area contributed by atoms with E-state index in [4.69, 9.17) is 0 Å². The number of fused-ring (bicyclic) bond motifs is 4. The van der Waals surface area contributed by atoms with Crippen molar-refractivity contribution < 1.29 is 4.79 Å². The lowest BCUT2D eigenvalue weighted by Crippen LogP contribution is -2.68. The summed E-state index contributed by atoms with van der Waals surface area (Å²) in [6.07, 6.45) is 14.6. The van der Waals surface area contributed by atoms with Crippen molar-refractivity contribution in [3.05, 3.63) is 11.1 Å². The van der Waals surface area contributed by atoms with Gasteiger partial charge in [-0.25, -0.2) is 0 Å². The molecule has 2 bridgehead atoms. The Hall–Kier alpha value is -0.630. The number of ketones is 1. The molecule has 4 aliphatic carbocycles. The van der Waals surface area contributed by atoms with Gasteiger partial charge in [-0.05, 0) is 92.4 Å². The van der Waals surface area contributed by atoms with Crippen LogP contribution in [0.3, 0.4) is 0 Å². The van der Waals surface area contributed by atoms with Gasteiger partial charge in [0.2, 0.25) is 0 Å². The summed E-state index contributed by atoms with van der Waals surface area (Å²) in [5, 5.41) is 0. The van der Waals surface area contributed by atoms with Crippen LogP contribution in [0.2, 0.25) is 0 Å². The van der Waals surface area contributed by atoms with Crippen molar-refractivity contribution in [2.45, 2.75) is 105 Å². The second kappa shape index (κ2) is 7.96. The van der Waals surface area contributed by atoms with E-state index in [2.05, 4.69) is 46.6 Å². The maximum Gasteiger partial charge on any atom is 0.168 e. The van der Waals surface area contributed by atoms with Crippen molar-refractivity contribution in [3.63, 3.8) is 0 Å². The molecule has 2 heteroatoms. The number of allylic oxidation sites excluding steroid dienone is 1. The molecule has 0 N–H and O–H groups in total. The zero-order valence-electron chi connectivity index (χ0n) is 21.9. The van der Waals surface area contributed by atoms with Gasteiger partial charge >= 0.3 is 0 Å². The minimum absolute atomic E-state index is 0.0999. The molecule has 5 aliphatic rings. The highest BCUT2D eigenvalue weighted by molar-refractivity contribution is 6.04. The zero-order valence-corrected chi connectivity index (χ0v) is 21.9. The lowest BCUT2D eigenvalue weighted by atomic mass is 9.38. The number of rotatable bonds is 5. The zero-order chi connectivity index (χ0) is 22.9. The van der Waals surface area contributed by atoms with E-state index in [0.29, 0.717) is 28.4 Å². The molecular formula is C30H49NO. The Morgan fingerprint density at radius 2 is 1.78 bits per heavy atom. The first-order valence-corrected chi connectivity index (χ1v) is 14.1. The minimum Gasteiger partial charge on any atom is -0.301 e. The molecule has 1 aliphatic heterocycles. The fourth-order valence-corrected chi connectivity index (χ4v) is 10.4. The fourth-order valence-electron chi connectivity index (χ4n) is 10.4. The first-order chi connectivity index (χ1) is 15.1.